The van der Waals surface area contributed by atoms with Crippen molar-refractivity contribution in [1.82, 2.24) is 20.4 Å². The highest BCUT2D eigenvalue weighted by Gasteiger charge is 2.20. The van der Waals surface area contributed by atoms with Crippen LogP contribution in [0.3, 0.4) is 0 Å². The third kappa shape index (κ3) is 4.40. The van der Waals surface area contributed by atoms with E-state index >= 15 is 0 Å². The zero-order valence-corrected chi connectivity index (χ0v) is 15.3. The van der Waals surface area contributed by atoms with Gasteiger partial charge in [0.15, 0.2) is 11.5 Å². The molecule has 0 spiro atoms. The summed E-state index contributed by atoms with van der Waals surface area (Å²) in [5, 5.41) is 22.5. The lowest BCUT2D eigenvalue weighted by Gasteiger charge is -2.32. The Morgan fingerprint density at radius 2 is 1.75 bits per heavy atom. The Kier molecular flexibility index (Phi) is 5.37. The first kappa shape index (κ1) is 17.8. The number of piperidine rings is 1. The number of nitrogens with one attached hydrogen (secondary N) is 2. The van der Waals surface area contributed by atoms with Gasteiger partial charge in [0.05, 0.1) is 0 Å². The highest BCUT2D eigenvalue weighted by atomic mass is 16.1. The van der Waals surface area contributed by atoms with Crippen molar-refractivity contribution in [2.45, 2.75) is 18.9 Å². The normalized spacial score (nSPS) is 14.5. The maximum atomic E-state index is 12.2. The van der Waals surface area contributed by atoms with Gasteiger partial charge in [0.2, 0.25) is 0 Å². The highest BCUT2D eigenvalue weighted by Crippen LogP contribution is 2.19. The van der Waals surface area contributed by atoms with E-state index in [0.29, 0.717) is 11.9 Å². The summed E-state index contributed by atoms with van der Waals surface area (Å²) in [7, 11) is 0. The average molecular weight is 375 g/mol. The van der Waals surface area contributed by atoms with Crippen molar-refractivity contribution in [3.05, 3.63) is 66.5 Å². The molecule has 1 aromatic carbocycles. The number of nitrogens with zero attached hydrogens (tertiary/aromatic N) is 5. The van der Waals surface area contributed by atoms with Crippen LogP contribution in [0.15, 0.2) is 60.8 Å². The molecule has 1 fully saturated rings. The van der Waals surface area contributed by atoms with E-state index in [4.69, 9.17) is 0 Å². The minimum Gasteiger partial charge on any atom is -0.366 e. The van der Waals surface area contributed by atoms with Crippen LogP contribution in [0.5, 0.6) is 0 Å². The second-order valence-electron chi connectivity index (χ2n) is 6.61. The molecule has 0 radical (unpaired) electrons. The quantitative estimate of drug-likeness (QED) is 0.707. The van der Waals surface area contributed by atoms with Crippen molar-refractivity contribution in [2.75, 3.05) is 28.6 Å². The average Bonchev–Trinajstić information content (AvgIpc) is 2.76. The van der Waals surface area contributed by atoms with Crippen LogP contribution in [0, 0.1) is 0 Å². The van der Waals surface area contributed by atoms with E-state index in [1.807, 2.05) is 42.5 Å². The van der Waals surface area contributed by atoms with Crippen LogP contribution in [0.4, 0.5) is 17.3 Å². The third-order valence-electron chi connectivity index (χ3n) is 4.66. The summed E-state index contributed by atoms with van der Waals surface area (Å²) in [6.07, 6.45) is 3.61. The summed E-state index contributed by atoms with van der Waals surface area (Å²) in [4.78, 5) is 14.5. The van der Waals surface area contributed by atoms with Crippen molar-refractivity contribution in [3.63, 3.8) is 0 Å². The van der Waals surface area contributed by atoms with E-state index in [1.54, 1.807) is 18.3 Å². The Bertz CT molecular complexity index is 895. The Morgan fingerprint density at radius 1 is 0.929 bits per heavy atom. The summed E-state index contributed by atoms with van der Waals surface area (Å²) in [5.74, 6) is 1.31. The molecule has 0 atom stereocenters. The van der Waals surface area contributed by atoms with Gasteiger partial charge in [0, 0.05) is 31.0 Å². The second kappa shape index (κ2) is 8.43. The minimum absolute atomic E-state index is 0.275. The molecule has 4 rings (SSSR count). The van der Waals surface area contributed by atoms with Crippen molar-refractivity contribution in [1.29, 1.82) is 0 Å². The Hall–Kier alpha value is -3.55. The number of rotatable bonds is 5. The molecular formula is C20H21N7O. The van der Waals surface area contributed by atoms with Gasteiger partial charge in [-0.1, -0.05) is 18.2 Å². The van der Waals surface area contributed by atoms with Crippen LogP contribution in [-0.4, -0.2) is 45.4 Å². The van der Waals surface area contributed by atoms with Crippen LogP contribution in [0.2, 0.25) is 0 Å². The molecule has 2 N–H and O–H groups in total. The van der Waals surface area contributed by atoms with Gasteiger partial charge in [0.25, 0.3) is 5.91 Å². The highest BCUT2D eigenvalue weighted by molar-refractivity contribution is 6.02. The molecule has 3 aromatic rings. The molecule has 2 aromatic heterocycles. The molecule has 1 amide bonds. The monoisotopic (exact) mass is 375 g/mol. The lowest BCUT2D eigenvalue weighted by Crippen LogP contribution is -2.39. The van der Waals surface area contributed by atoms with Crippen molar-refractivity contribution < 1.29 is 4.79 Å². The molecule has 28 heavy (non-hydrogen) atoms. The number of anilines is 3. The fourth-order valence-electron chi connectivity index (χ4n) is 3.17. The molecule has 8 nitrogen and oxygen atoms in total. The first-order valence-electron chi connectivity index (χ1n) is 9.27. The number of carbonyl (C=O) groups excluding carboxylic acids is 1. The Morgan fingerprint density at radius 3 is 2.43 bits per heavy atom. The summed E-state index contributed by atoms with van der Waals surface area (Å²) in [5.41, 5.74) is 1.01. The van der Waals surface area contributed by atoms with Crippen molar-refractivity contribution in [3.8, 4) is 0 Å². The number of para-hydroxylation sites is 1. The predicted molar refractivity (Wildman–Crippen MR) is 107 cm³/mol. The summed E-state index contributed by atoms with van der Waals surface area (Å²) in [6, 6.07) is 16.9. The summed E-state index contributed by atoms with van der Waals surface area (Å²) in [6.45, 7) is 1.81. The van der Waals surface area contributed by atoms with Crippen LogP contribution >= 0.6 is 0 Å². The van der Waals surface area contributed by atoms with E-state index in [9.17, 15) is 4.79 Å². The van der Waals surface area contributed by atoms with Gasteiger partial charge in [-0.05, 0) is 49.2 Å². The lowest BCUT2D eigenvalue weighted by atomic mass is 10.1. The van der Waals surface area contributed by atoms with Gasteiger partial charge >= 0.3 is 0 Å². The molecule has 0 unspecified atom stereocenters. The van der Waals surface area contributed by atoms with Gasteiger partial charge in [-0.25, -0.2) is 0 Å². The number of amides is 1. The number of hydrogen-bond donors (Lipinski definition) is 2. The van der Waals surface area contributed by atoms with Gasteiger partial charge in [-0.3, -0.25) is 4.79 Å². The molecule has 1 aliphatic rings. The summed E-state index contributed by atoms with van der Waals surface area (Å²) >= 11 is 0. The van der Waals surface area contributed by atoms with Crippen molar-refractivity contribution in [2.24, 2.45) is 0 Å². The SMILES string of the molecule is O=C(Nc1ccccc1)c1ccc(NC2CCN(c3cccnn3)CC2)nn1. The standard InChI is InChI=1S/C20H21N7O/c28-20(23-15-5-2-1-3-6-15)17-8-9-18(25-24-17)22-16-10-13-27(14-11-16)19-7-4-12-21-26-19/h1-9,12,16H,10-11,13-14H2,(H,22,25)(H,23,28). The third-order valence-corrected chi connectivity index (χ3v) is 4.66. The van der Waals surface area contributed by atoms with Gasteiger partial charge in [-0.15, -0.1) is 15.3 Å². The molecular weight excluding hydrogens is 354 g/mol. The first-order valence-corrected chi connectivity index (χ1v) is 9.27. The van der Waals surface area contributed by atoms with Gasteiger partial charge in [-0.2, -0.15) is 5.10 Å². The largest absolute Gasteiger partial charge is 0.366 e. The fourth-order valence-corrected chi connectivity index (χ4v) is 3.17. The lowest BCUT2D eigenvalue weighted by molar-refractivity contribution is 0.102. The fraction of sp³-hybridized carbons (Fsp3) is 0.250. The second-order valence-corrected chi connectivity index (χ2v) is 6.61. The number of hydrogen-bond acceptors (Lipinski definition) is 7. The van der Waals surface area contributed by atoms with E-state index in [1.165, 1.54) is 0 Å². The molecule has 0 bridgehead atoms. The van der Waals surface area contributed by atoms with E-state index in [-0.39, 0.29) is 11.6 Å². The van der Waals surface area contributed by atoms with Crippen LogP contribution in [0.25, 0.3) is 0 Å². The zero-order chi connectivity index (χ0) is 19.2. The van der Waals surface area contributed by atoms with Crippen LogP contribution in [-0.2, 0) is 0 Å². The number of aromatic nitrogens is 4. The van der Waals surface area contributed by atoms with E-state index in [0.717, 1.165) is 37.4 Å². The molecule has 1 aliphatic heterocycles. The predicted octanol–water partition coefficient (Wildman–Crippen LogP) is 2.60. The van der Waals surface area contributed by atoms with Gasteiger partial charge in [0.1, 0.15) is 5.82 Å². The smallest absolute Gasteiger partial charge is 0.276 e. The maximum Gasteiger partial charge on any atom is 0.276 e. The minimum atomic E-state index is -0.275. The van der Waals surface area contributed by atoms with Crippen molar-refractivity contribution >= 4 is 23.2 Å². The zero-order valence-electron chi connectivity index (χ0n) is 15.3. The van der Waals surface area contributed by atoms with E-state index < -0.39 is 0 Å². The van der Waals surface area contributed by atoms with E-state index in [2.05, 4.69) is 35.9 Å². The number of carbonyl (C=O) groups is 1. The van der Waals surface area contributed by atoms with Gasteiger partial charge < -0.3 is 15.5 Å². The molecule has 142 valence electrons. The molecule has 0 saturated carbocycles. The Balaban J connectivity index is 1.30. The maximum absolute atomic E-state index is 12.2. The molecule has 8 heteroatoms. The first-order chi connectivity index (χ1) is 13.8. The topological polar surface area (TPSA) is 95.9 Å². The number of benzene rings is 1. The molecule has 3 heterocycles. The van der Waals surface area contributed by atoms with Crippen LogP contribution in [0.1, 0.15) is 23.3 Å². The molecule has 1 saturated heterocycles. The molecule has 0 aliphatic carbocycles. The Labute approximate surface area is 163 Å². The summed E-state index contributed by atoms with van der Waals surface area (Å²) < 4.78 is 0. The van der Waals surface area contributed by atoms with Crippen LogP contribution < -0.4 is 15.5 Å².